The Morgan fingerprint density at radius 1 is 1.37 bits per heavy atom. The van der Waals surface area contributed by atoms with Crippen LogP contribution in [-0.2, 0) is 0 Å². The molecule has 0 spiro atoms. The lowest BCUT2D eigenvalue weighted by molar-refractivity contribution is 0.210. The minimum atomic E-state index is 0.217. The quantitative estimate of drug-likeness (QED) is 0.751. The van der Waals surface area contributed by atoms with Gasteiger partial charge in [0.25, 0.3) is 0 Å². The molecule has 102 valence electrons. The Bertz CT molecular complexity index is 471. The van der Waals surface area contributed by atoms with Crippen LogP contribution in [0.25, 0.3) is 0 Å². The third kappa shape index (κ3) is 2.91. The monoisotopic (exact) mass is 256 g/mol. The highest BCUT2D eigenvalue weighted by atomic mass is 16.3. The maximum Gasteiger partial charge on any atom is 0.115 e. The summed E-state index contributed by atoms with van der Waals surface area (Å²) in [6, 6.07) is 7.66. The molecule has 1 fully saturated rings. The lowest BCUT2D eigenvalue weighted by Gasteiger charge is -2.42. The lowest BCUT2D eigenvalue weighted by atomic mass is 9.63. The fourth-order valence-corrected chi connectivity index (χ4v) is 3.28. The average Bonchev–Trinajstić information content (AvgIpc) is 2.39. The Morgan fingerprint density at radius 2 is 2.00 bits per heavy atom. The highest BCUT2D eigenvalue weighted by molar-refractivity contribution is 5.31. The van der Waals surface area contributed by atoms with Gasteiger partial charge in [0.05, 0.1) is 0 Å². The number of phenols is 1. The van der Waals surface area contributed by atoms with E-state index in [2.05, 4.69) is 33.1 Å². The van der Waals surface area contributed by atoms with Crippen molar-refractivity contribution in [3.8, 4) is 5.75 Å². The Morgan fingerprint density at radius 3 is 2.53 bits per heavy atom. The molecule has 1 nitrogen and oxygen atoms in total. The topological polar surface area (TPSA) is 20.2 Å². The van der Waals surface area contributed by atoms with Gasteiger partial charge in [-0.15, -0.1) is 6.58 Å². The van der Waals surface area contributed by atoms with E-state index in [1.165, 1.54) is 24.0 Å². The standard InChI is InChI=1S/C18H24O/c1-5-18(4)11-10-16(13(2)3)17(12-18)14-6-8-15(19)9-7-14/h5-9,16-17,19H,1-2,10-12H2,3-4H3. The molecule has 1 saturated carbocycles. The summed E-state index contributed by atoms with van der Waals surface area (Å²) >= 11 is 0. The summed E-state index contributed by atoms with van der Waals surface area (Å²) in [5.74, 6) is 1.35. The zero-order chi connectivity index (χ0) is 14.0. The zero-order valence-corrected chi connectivity index (χ0v) is 12.0. The molecule has 0 amide bonds. The number of hydrogen-bond donors (Lipinski definition) is 1. The number of aromatic hydroxyl groups is 1. The summed E-state index contributed by atoms with van der Waals surface area (Å²) in [5.41, 5.74) is 2.79. The second-order valence-electron chi connectivity index (χ2n) is 6.25. The third-order valence-corrected chi connectivity index (χ3v) is 4.65. The number of phenolic OH excluding ortho intramolecular Hbond substituents is 1. The number of allylic oxidation sites excluding steroid dienone is 2. The van der Waals surface area contributed by atoms with Gasteiger partial charge in [-0.25, -0.2) is 0 Å². The molecule has 3 atom stereocenters. The van der Waals surface area contributed by atoms with Crippen molar-refractivity contribution in [3.05, 3.63) is 54.6 Å². The Balaban J connectivity index is 2.32. The molecule has 0 bridgehead atoms. The van der Waals surface area contributed by atoms with Gasteiger partial charge < -0.3 is 5.11 Å². The van der Waals surface area contributed by atoms with Gasteiger partial charge in [0.15, 0.2) is 0 Å². The molecule has 1 aliphatic rings. The third-order valence-electron chi connectivity index (χ3n) is 4.65. The van der Waals surface area contributed by atoms with E-state index in [0.717, 1.165) is 6.42 Å². The summed E-state index contributed by atoms with van der Waals surface area (Å²) in [6.07, 6.45) is 5.57. The van der Waals surface area contributed by atoms with Crippen LogP contribution in [0, 0.1) is 11.3 Å². The van der Waals surface area contributed by atoms with Crippen molar-refractivity contribution >= 4 is 0 Å². The highest BCUT2D eigenvalue weighted by Crippen LogP contribution is 2.49. The van der Waals surface area contributed by atoms with E-state index in [4.69, 9.17) is 0 Å². The van der Waals surface area contributed by atoms with Crippen molar-refractivity contribution in [2.24, 2.45) is 11.3 Å². The van der Waals surface area contributed by atoms with Crippen LogP contribution in [0.15, 0.2) is 49.1 Å². The van der Waals surface area contributed by atoms with Gasteiger partial charge in [0.1, 0.15) is 5.75 Å². The predicted octanol–water partition coefficient (Wildman–Crippen LogP) is 5.04. The molecular formula is C18H24O. The fourth-order valence-electron chi connectivity index (χ4n) is 3.28. The maximum absolute atomic E-state index is 9.45. The van der Waals surface area contributed by atoms with Crippen molar-refractivity contribution in [2.75, 3.05) is 0 Å². The summed E-state index contributed by atoms with van der Waals surface area (Å²) in [4.78, 5) is 0. The van der Waals surface area contributed by atoms with E-state index < -0.39 is 0 Å². The molecule has 1 aromatic carbocycles. The first-order chi connectivity index (χ1) is 8.95. The number of hydrogen-bond acceptors (Lipinski definition) is 1. The highest BCUT2D eigenvalue weighted by Gasteiger charge is 2.36. The molecule has 0 saturated heterocycles. The number of benzene rings is 1. The first-order valence-corrected chi connectivity index (χ1v) is 7.03. The van der Waals surface area contributed by atoms with Crippen LogP contribution in [0.1, 0.15) is 44.6 Å². The second kappa shape index (κ2) is 5.24. The van der Waals surface area contributed by atoms with Crippen LogP contribution >= 0.6 is 0 Å². The molecule has 19 heavy (non-hydrogen) atoms. The van der Waals surface area contributed by atoms with Crippen LogP contribution in [0.3, 0.4) is 0 Å². The normalized spacial score (nSPS) is 30.8. The Hall–Kier alpha value is -1.50. The van der Waals surface area contributed by atoms with E-state index in [0.29, 0.717) is 17.6 Å². The van der Waals surface area contributed by atoms with Gasteiger partial charge in [-0.2, -0.15) is 0 Å². The molecule has 1 aliphatic carbocycles. The van der Waals surface area contributed by atoms with Crippen LogP contribution in [0.4, 0.5) is 0 Å². The van der Waals surface area contributed by atoms with E-state index in [1.807, 2.05) is 12.1 Å². The van der Waals surface area contributed by atoms with Crippen molar-refractivity contribution in [3.63, 3.8) is 0 Å². The summed E-state index contributed by atoms with van der Waals surface area (Å²) in [7, 11) is 0. The molecule has 1 N–H and O–H groups in total. The largest absolute Gasteiger partial charge is 0.508 e. The molecular weight excluding hydrogens is 232 g/mol. The van der Waals surface area contributed by atoms with Crippen LogP contribution in [-0.4, -0.2) is 5.11 Å². The lowest BCUT2D eigenvalue weighted by Crippen LogP contribution is -2.29. The smallest absolute Gasteiger partial charge is 0.115 e. The molecule has 3 unspecified atom stereocenters. The summed E-state index contributed by atoms with van der Waals surface area (Å²) in [6.45, 7) is 12.6. The first kappa shape index (κ1) is 13.9. The van der Waals surface area contributed by atoms with Crippen molar-refractivity contribution in [1.29, 1.82) is 0 Å². The zero-order valence-electron chi connectivity index (χ0n) is 12.0. The molecule has 1 heteroatoms. The van der Waals surface area contributed by atoms with Gasteiger partial charge in [0.2, 0.25) is 0 Å². The molecule has 0 heterocycles. The van der Waals surface area contributed by atoms with Crippen LogP contribution < -0.4 is 0 Å². The van der Waals surface area contributed by atoms with Gasteiger partial charge in [-0.3, -0.25) is 0 Å². The van der Waals surface area contributed by atoms with Crippen molar-refractivity contribution in [1.82, 2.24) is 0 Å². The van der Waals surface area contributed by atoms with Crippen molar-refractivity contribution < 1.29 is 5.11 Å². The first-order valence-electron chi connectivity index (χ1n) is 7.03. The Labute approximate surface area is 116 Å². The predicted molar refractivity (Wildman–Crippen MR) is 81.3 cm³/mol. The summed E-state index contributed by atoms with van der Waals surface area (Å²) < 4.78 is 0. The van der Waals surface area contributed by atoms with Crippen molar-refractivity contribution in [2.45, 2.75) is 39.0 Å². The fraction of sp³-hybridized carbons (Fsp3) is 0.444. The van der Waals surface area contributed by atoms with E-state index in [-0.39, 0.29) is 5.41 Å². The minimum absolute atomic E-state index is 0.217. The summed E-state index contributed by atoms with van der Waals surface area (Å²) in [5, 5.41) is 9.45. The molecule has 1 aromatic rings. The molecule has 0 aromatic heterocycles. The van der Waals surface area contributed by atoms with E-state index in [1.54, 1.807) is 12.1 Å². The van der Waals surface area contributed by atoms with Crippen LogP contribution in [0.5, 0.6) is 5.75 Å². The Kier molecular flexibility index (Phi) is 3.84. The van der Waals surface area contributed by atoms with Crippen LogP contribution in [0.2, 0.25) is 0 Å². The molecule has 0 radical (unpaired) electrons. The minimum Gasteiger partial charge on any atom is -0.508 e. The SMILES string of the molecule is C=CC1(C)CCC(C(=C)C)C(c2ccc(O)cc2)C1. The number of rotatable bonds is 3. The van der Waals surface area contributed by atoms with E-state index >= 15 is 0 Å². The van der Waals surface area contributed by atoms with E-state index in [9.17, 15) is 5.11 Å². The van der Waals surface area contributed by atoms with Gasteiger partial charge in [-0.1, -0.05) is 37.3 Å². The average molecular weight is 256 g/mol. The van der Waals surface area contributed by atoms with Gasteiger partial charge >= 0.3 is 0 Å². The molecule has 2 rings (SSSR count). The molecule has 0 aliphatic heterocycles. The van der Waals surface area contributed by atoms with Gasteiger partial charge in [0, 0.05) is 0 Å². The second-order valence-corrected chi connectivity index (χ2v) is 6.25. The van der Waals surface area contributed by atoms with Gasteiger partial charge in [-0.05, 0) is 61.1 Å². The maximum atomic E-state index is 9.45.